The lowest BCUT2D eigenvalue weighted by molar-refractivity contribution is -0.485. The Kier molecular flexibility index (Phi) is 11.3. The van der Waals surface area contributed by atoms with Crippen molar-refractivity contribution in [2.45, 2.75) is 36.8 Å². The van der Waals surface area contributed by atoms with Gasteiger partial charge in [-0.05, 0) is 35.1 Å². The number of carbonyl (C=O) groups is 2. The number of nitrogens with one attached hydrogen (secondary N) is 2. The zero-order valence-electron chi connectivity index (χ0n) is 24.2. The molecule has 0 aromatic heterocycles. The van der Waals surface area contributed by atoms with E-state index < -0.39 is 28.9 Å². The van der Waals surface area contributed by atoms with Crippen LogP contribution in [0.15, 0.2) is 126 Å². The first-order valence-corrected chi connectivity index (χ1v) is 14.3. The van der Waals surface area contributed by atoms with Crippen molar-refractivity contribution in [1.29, 1.82) is 0 Å². The summed E-state index contributed by atoms with van der Waals surface area (Å²) in [6.07, 6.45) is 0.147. The fourth-order valence-electron chi connectivity index (χ4n) is 5.10. The predicted octanol–water partition coefficient (Wildman–Crippen LogP) is 3.91. The number of amidine groups is 1. The van der Waals surface area contributed by atoms with E-state index in [1.54, 1.807) is 0 Å². The number of hydrogen-bond acceptors (Lipinski definition) is 5. The highest BCUT2D eigenvalue weighted by atomic mass is 16.7. The lowest BCUT2D eigenvalue weighted by Crippen LogP contribution is -2.50. The largest absolute Gasteiger partial charge is 0.381 e. The van der Waals surface area contributed by atoms with Gasteiger partial charge >= 0.3 is 0 Å². The summed E-state index contributed by atoms with van der Waals surface area (Å²) in [7, 11) is 0. The fourth-order valence-corrected chi connectivity index (χ4v) is 5.10. The van der Waals surface area contributed by atoms with Crippen molar-refractivity contribution < 1.29 is 14.6 Å². The molecular weight excluding hydrogens is 556 g/mol. The maximum atomic E-state index is 13.9. The van der Waals surface area contributed by atoms with Crippen LogP contribution in [-0.2, 0) is 9.59 Å². The van der Waals surface area contributed by atoms with Gasteiger partial charge in [0.15, 0.2) is 10.9 Å². The van der Waals surface area contributed by atoms with Gasteiger partial charge in [-0.25, -0.2) is 10.1 Å². The summed E-state index contributed by atoms with van der Waals surface area (Å²) in [4.78, 5) is 38.5. The van der Waals surface area contributed by atoms with Crippen molar-refractivity contribution in [2.75, 3.05) is 6.54 Å². The van der Waals surface area contributed by atoms with Gasteiger partial charge in [0, 0.05) is 12.5 Å². The van der Waals surface area contributed by atoms with Gasteiger partial charge in [-0.2, -0.15) is 0 Å². The average Bonchev–Trinajstić information content (AvgIpc) is 3.04. The van der Waals surface area contributed by atoms with Crippen LogP contribution in [0.3, 0.4) is 0 Å². The number of hydrogen-bond donors (Lipinski definition) is 4. The summed E-state index contributed by atoms with van der Waals surface area (Å²) in [6, 6.07) is 36.3. The van der Waals surface area contributed by atoms with Gasteiger partial charge in [-0.3, -0.25) is 9.59 Å². The number of amides is 2. The second-order valence-electron chi connectivity index (χ2n) is 10.4. The molecular formula is C34H36N6O4. The van der Waals surface area contributed by atoms with Gasteiger partial charge in [0.1, 0.15) is 6.04 Å². The summed E-state index contributed by atoms with van der Waals surface area (Å²) >= 11 is 0. The predicted molar refractivity (Wildman–Crippen MR) is 170 cm³/mol. The molecule has 0 spiro atoms. The monoisotopic (exact) mass is 592 g/mol. The molecule has 0 aliphatic rings. The Balaban J connectivity index is 1.58. The maximum Gasteiger partial charge on any atom is 0.242 e. The molecule has 10 heteroatoms. The van der Waals surface area contributed by atoms with Crippen LogP contribution in [0.2, 0.25) is 0 Å². The van der Waals surface area contributed by atoms with E-state index in [-0.39, 0.29) is 37.0 Å². The third-order valence-corrected chi connectivity index (χ3v) is 7.39. The molecule has 0 saturated carbocycles. The Hall–Kier alpha value is -5.35. The van der Waals surface area contributed by atoms with Gasteiger partial charge < -0.3 is 22.1 Å². The van der Waals surface area contributed by atoms with E-state index in [0.29, 0.717) is 0 Å². The number of nitrogens with zero attached hydrogens (tertiary/aromatic N) is 2. The molecule has 4 rings (SSSR count). The Morgan fingerprint density at radius 3 is 1.57 bits per heavy atom. The highest BCUT2D eigenvalue weighted by Gasteiger charge is 2.29. The summed E-state index contributed by atoms with van der Waals surface area (Å²) < 4.78 is 0. The lowest BCUT2D eigenvalue weighted by atomic mass is 9.90. The maximum absolute atomic E-state index is 13.9. The third kappa shape index (κ3) is 8.83. The highest BCUT2D eigenvalue weighted by Crippen LogP contribution is 2.26. The Morgan fingerprint density at radius 1 is 0.705 bits per heavy atom. The molecule has 0 radical (unpaired) electrons. The zero-order chi connectivity index (χ0) is 31.3. The van der Waals surface area contributed by atoms with E-state index >= 15 is 0 Å². The number of carbonyl (C=O) groups excluding carboxylic acids is 2. The van der Waals surface area contributed by atoms with Crippen molar-refractivity contribution in [3.63, 3.8) is 0 Å². The SMILES string of the molecule is NC(=N[N+](=O)[O-])C(N)CC[C@H](NC(=O)C(c1ccccc1)c1ccccc1)C(=O)NCC(c1ccccc1)c1ccccc1. The minimum atomic E-state index is -1.00. The van der Waals surface area contributed by atoms with E-state index in [0.717, 1.165) is 22.3 Å². The highest BCUT2D eigenvalue weighted by molar-refractivity contribution is 5.92. The summed E-state index contributed by atoms with van der Waals surface area (Å²) in [5, 5.41) is 18.9. The van der Waals surface area contributed by atoms with E-state index in [9.17, 15) is 19.7 Å². The molecule has 2 amide bonds. The first-order valence-electron chi connectivity index (χ1n) is 14.3. The van der Waals surface area contributed by atoms with Crippen LogP contribution in [0.25, 0.3) is 0 Å². The van der Waals surface area contributed by atoms with Crippen molar-refractivity contribution in [2.24, 2.45) is 16.6 Å². The molecule has 2 atom stereocenters. The molecule has 10 nitrogen and oxygen atoms in total. The second kappa shape index (κ2) is 15.8. The average molecular weight is 593 g/mol. The van der Waals surface area contributed by atoms with Crippen molar-refractivity contribution >= 4 is 17.6 Å². The number of nitro groups is 1. The molecule has 0 bridgehead atoms. The molecule has 0 aliphatic carbocycles. The van der Waals surface area contributed by atoms with Crippen LogP contribution in [0.5, 0.6) is 0 Å². The Morgan fingerprint density at radius 2 is 1.14 bits per heavy atom. The summed E-state index contributed by atoms with van der Waals surface area (Å²) in [5.41, 5.74) is 15.3. The molecule has 6 N–H and O–H groups in total. The van der Waals surface area contributed by atoms with Crippen molar-refractivity contribution in [3.05, 3.63) is 154 Å². The van der Waals surface area contributed by atoms with Crippen molar-refractivity contribution in [3.8, 4) is 0 Å². The Labute approximate surface area is 256 Å². The van der Waals surface area contributed by atoms with Crippen LogP contribution in [0, 0.1) is 10.1 Å². The van der Waals surface area contributed by atoms with Gasteiger partial charge in [-0.1, -0.05) is 121 Å². The first kappa shape index (κ1) is 31.6. The number of hydrazone groups is 1. The van der Waals surface area contributed by atoms with Gasteiger partial charge in [-0.15, -0.1) is 0 Å². The van der Waals surface area contributed by atoms with Gasteiger partial charge in [0.2, 0.25) is 11.8 Å². The van der Waals surface area contributed by atoms with Crippen molar-refractivity contribution in [1.82, 2.24) is 10.6 Å². The molecule has 4 aromatic carbocycles. The molecule has 0 aliphatic heterocycles. The molecule has 0 saturated heterocycles. The van der Waals surface area contributed by atoms with E-state index in [2.05, 4.69) is 15.7 Å². The van der Waals surface area contributed by atoms with Gasteiger partial charge in [0.25, 0.3) is 0 Å². The minimum Gasteiger partial charge on any atom is -0.381 e. The van der Waals surface area contributed by atoms with Gasteiger partial charge in [0.05, 0.1) is 17.1 Å². The zero-order valence-corrected chi connectivity index (χ0v) is 24.2. The first-order chi connectivity index (χ1) is 21.3. The molecule has 0 heterocycles. The smallest absolute Gasteiger partial charge is 0.242 e. The fraction of sp³-hybridized carbons (Fsp3) is 0.206. The lowest BCUT2D eigenvalue weighted by Gasteiger charge is -2.25. The quantitative estimate of drug-likeness (QED) is 0.0750. The molecule has 0 fully saturated rings. The van der Waals surface area contributed by atoms with Crippen LogP contribution < -0.4 is 22.1 Å². The van der Waals surface area contributed by atoms with Crippen LogP contribution in [-0.4, -0.2) is 41.3 Å². The molecule has 226 valence electrons. The van der Waals surface area contributed by atoms with Crippen LogP contribution in [0.4, 0.5) is 0 Å². The number of nitrogens with two attached hydrogens (primary N) is 2. The minimum absolute atomic E-state index is 0.0731. The topological polar surface area (TPSA) is 166 Å². The molecule has 4 aromatic rings. The van der Waals surface area contributed by atoms with E-state index in [1.807, 2.05) is 121 Å². The number of rotatable bonds is 14. The Bertz CT molecular complexity index is 1460. The normalized spacial score (nSPS) is 12.8. The second-order valence-corrected chi connectivity index (χ2v) is 10.4. The number of benzene rings is 4. The van der Waals surface area contributed by atoms with E-state index in [1.165, 1.54) is 0 Å². The summed E-state index contributed by atoms with van der Waals surface area (Å²) in [6.45, 7) is 0.275. The third-order valence-electron chi connectivity index (χ3n) is 7.39. The van der Waals surface area contributed by atoms with Crippen LogP contribution >= 0.6 is 0 Å². The summed E-state index contributed by atoms with van der Waals surface area (Å²) in [5.74, 6) is -1.95. The molecule has 1 unspecified atom stereocenters. The van der Waals surface area contributed by atoms with E-state index in [4.69, 9.17) is 11.5 Å². The molecule has 44 heavy (non-hydrogen) atoms. The van der Waals surface area contributed by atoms with Crippen LogP contribution in [0.1, 0.15) is 46.9 Å². The standard InChI is InChI=1S/C34H36N6O4/c35-29(32(36)39-40(43)44)21-22-30(38-34(42)31(26-17-9-3-10-18-26)27-19-11-4-12-20-27)33(41)37-23-28(24-13-5-1-6-14-24)25-15-7-2-8-16-25/h1-20,28-31H,21-23,35H2,(H2,36,39)(H,37,41)(H,38,42)/t29?,30-/m0/s1.